The fraction of sp³-hybridized carbons (Fsp3) is 0.381. The van der Waals surface area contributed by atoms with Crippen molar-refractivity contribution in [2.45, 2.75) is 55.1 Å². The topological polar surface area (TPSA) is 74.7 Å². The maximum Gasteiger partial charge on any atom is 0.430 e. The predicted octanol–water partition coefficient (Wildman–Crippen LogP) is 4.63. The Kier molecular flexibility index (Phi) is 6.50. The number of benzene rings is 2. The number of carbonyl (C=O) groups excluding carboxylic acids is 1. The lowest BCUT2D eigenvalue weighted by Crippen LogP contribution is -2.54. The van der Waals surface area contributed by atoms with Crippen LogP contribution in [0.2, 0.25) is 0 Å². The smallest absolute Gasteiger partial charge is 0.369 e. The molecule has 0 saturated heterocycles. The van der Waals surface area contributed by atoms with Crippen LogP contribution in [0.5, 0.6) is 0 Å². The molecule has 0 aliphatic carbocycles. The number of carbonyl (C=O) groups is 1. The van der Waals surface area contributed by atoms with Crippen LogP contribution in [-0.4, -0.2) is 37.7 Å². The summed E-state index contributed by atoms with van der Waals surface area (Å²) in [6.45, 7) is 1.20. The quantitative estimate of drug-likeness (QED) is 0.592. The lowest BCUT2D eigenvalue weighted by Gasteiger charge is -2.39. The third kappa shape index (κ3) is 4.38. The van der Waals surface area contributed by atoms with Crippen LogP contribution in [-0.2, 0) is 26.8 Å². The Bertz CT molecular complexity index is 1180. The summed E-state index contributed by atoms with van der Waals surface area (Å²) < 4.78 is 121. The third-order valence-corrected chi connectivity index (χ3v) is 7.41. The summed E-state index contributed by atoms with van der Waals surface area (Å²) in [5.41, 5.74) is -7.13. The van der Waals surface area contributed by atoms with Crippen LogP contribution < -0.4 is 4.31 Å². The van der Waals surface area contributed by atoms with E-state index in [-0.39, 0.29) is 35.4 Å². The number of nitrogens with zero attached hydrogens (tertiary/aromatic N) is 1. The van der Waals surface area contributed by atoms with Gasteiger partial charge < -0.3 is 5.11 Å². The van der Waals surface area contributed by atoms with E-state index in [2.05, 4.69) is 0 Å². The van der Waals surface area contributed by atoms with E-state index in [1.165, 1.54) is 6.92 Å². The van der Waals surface area contributed by atoms with Crippen LogP contribution in [0.25, 0.3) is 0 Å². The zero-order chi connectivity index (χ0) is 25.7. The van der Waals surface area contributed by atoms with Gasteiger partial charge in [0.2, 0.25) is 0 Å². The fourth-order valence-corrected chi connectivity index (χ4v) is 5.63. The van der Waals surface area contributed by atoms with Gasteiger partial charge in [-0.3, -0.25) is 9.10 Å². The number of aryl methyl sites for hydroxylation is 1. The first kappa shape index (κ1) is 25.9. The van der Waals surface area contributed by atoms with E-state index >= 15 is 0 Å². The molecular weight excluding hydrogens is 495 g/mol. The minimum Gasteiger partial charge on any atom is -0.369 e. The van der Waals surface area contributed by atoms with Crippen molar-refractivity contribution >= 4 is 21.5 Å². The first-order valence-corrected chi connectivity index (χ1v) is 11.2. The second-order valence-electron chi connectivity index (χ2n) is 7.90. The Morgan fingerprint density at radius 1 is 1.03 bits per heavy atom. The minimum atomic E-state index is -6.11. The van der Waals surface area contributed by atoms with Gasteiger partial charge in [-0.05, 0) is 55.7 Å². The van der Waals surface area contributed by atoms with Crippen molar-refractivity contribution in [3.05, 3.63) is 59.4 Å². The highest BCUT2D eigenvalue weighted by molar-refractivity contribution is 7.92. The SMILES string of the molecule is CC(=O)CC1CCc2cc(C(O)(C(F)(F)F)C(F)(F)F)ccc2N1S(=O)(=O)c1ccc(F)cc1. The molecule has 0 aromatic heterocycles. The van der Waals surface area contributed by atoms with Crippen LogP contribution in [0.4, 0.5) is 36.4 Å². The molecule has 0 radical (unpaired) electrons. The van der Waals surface area contributed by atoms with Gasteiger partial charge in [-0.2, -0.15) is 26.3 Å². The molecule has 0 bridgehead atoms. The van der Waals surface area contributed by atoms with E-state index in [0.717, 1.165) is 34.6 Å². The molecule has 0 spiro atoms. The van der Waals surface area contributed by atoms with Crippen molar-refractivity contribution in [3.8, 4) is 0 Å². The standard InChI is InChI=1S/C21H18F7NO4S/c1-12(30)10-16-6-2-13-11-14(19(31,20(23,24)25)21(26,27)28)3-9-18(13)29(16)34(32,33)17-7-4-15(22)5-8-17/h3-5,7-9,11,16,31H,2,6,10H2,1H3. The largest absolute Gasteiger partial charge is 0.430 e. The van der Waals surface area contributed by atoms with Gasteiger partial charge in [0.1, 0.15) is 11.6 Å². The highest BCUT2D eigenvalue weighted by Gasteiger charge is 2.71. The molecule has 1 heterocycles. The molecule has 2 aromatic rings. The molecule has 13 heteroatoms. The zero-order valence-corrected chi connectivity index (χ0v) is 18.2. The van der Waals surface area contributed by atoms with Gasteiger partial charge in [0, 0.05) is 12.0 Å². The molecule has 1 atom stereocenters. The summed E-state index contributed by atoms with van der Waals surface area (Å²) >= 11 is 0. The summed E-state index contributed by atoms with van der Waals surface area (Å²) in [6, 6.07) is 4.21. The Labute approximate surface area is 189 Å². The summed E-state index contributed by atoms with van der Waals surface area (Å²) in [7, 11) is -4.48. The summed E-state index contributed by atoms with van der Waals surface area (Å²) in [4.78, 5) is 11.3. The second-order valence-corrected chi connectivity index (χ2v) is 9.72. The van der Waals surface area contributed by atoms with Crippen molar-refractivity contribution in [3.63, 3.8) is 0 Å². The van der Waals surface area contributed by atoms with Crippen molar-refractivity contribution in [2.75, 3.05) is 4.31 Å². The molecule has 0 saturated carbocycles. The molecule has 1 N–H and O–H groups in total. The van der Waals surface area contributed by atoms with Crippen LogP contribution in [0, 0.1) is 5.82 Å². The van der Waals surface area contributed by atoms with Crippen LogP contribution in [0.15, 0.2) is 47.4 Å². The number of aliphatic hydroxyl groups is 1. The monoisotopic (exact) mass is 513 g/mol. The molecule has 34 heavy (non-hydrogen) atoms. The molecular formula is C21H18F7NO4S. The first-order chi connectivity index (χ1) is 15.5. The number of halogens is 7. The lowest BCUT2D eigenvalue weighted by molar-refractivity contribution is -0.376. The van der Waals surface area contributed by atoms with E-state index < -0.39 is 51.2 Å². The Morgan fingerprint density at radius 2 is 1.59 bits per heavy atom. The van der Waals surface area contributed by atoms with E-state index in [1.54, 1.807) is 0 Å². The van der Waals surface area contributed by atoms with Crippen LogP contribution in [0.3, 0.4) is 0 Å². The number of ketones is 1. The lowest BCUT2D eigenvalue weighted by atomic mass is 9.87. The summed E-state index contributed by atoms with van der Waals surface area (Å²) in [5.74, 6) is -1.13. The Morgan fingerprint density at radius 3 is 2.09 bits per heavy atom. The van der Waals surface area contributed by atoms with Crippen molar-refractivity contribution in [1.29, 1.82) is 0 Å². The number of rotatable bonds is 5. The molecule has 1 aliphatic rings. The van der Waals surface area contributed by atoms with E-state index in [9.17, 15) is 49.1 Å². The molecule has 0 amide bonds. The normalized spacial score (nSPS) is 17.4. The Hall–Kier alpha value is -2.67. The maximum atomic E-state index is 13.3. The minimum absolute atomic E-state index is 0.0904. The highest BCUT2D eigenvalue weighted by atomic mass is 32.2. The van der Waals surface area contributed by atoms with Gasteiger partial charge in [-0.1, -0.05) is 12.1 Å². The first-order valence-electron chi connectivity index (χ1n) is 9.79. The van der Waals surface area contributed by atoms with Crippen LogP contribution in [0.1, 0.15) is 30.9 Å². The van der Waals surface area contributed by atoms with Gasteiger partial charge >= 0.3 is 12.4 Å². The molecule has 186 valence electrons. The number of fused-ring (bicyclic) bond motifs is 1. The number of alkyl halides is 6. The molecule has 1 aliphatic heterocycles. The van der Waals surface area contributed by atoms with Crippen LogP contribution >= 0.6 is 0 Å². The van der Waals surface area contributed by atoms with Crippen molar-refractivity contribution < 1.29 is 49.1 Å². The number of sulfonamides is 1. The molecule has 1 unspecified atom stereocenters. The second kappa shape index (κ2) is 8.52. The number of anilines is 1. The molecule has 5 nitrogen and oxygen atoms in total. The van der Waals surface area contributed by atoms with Gasteiger partial charge in [-0.15, -0.1) is 0 Å². The zero-order valence-electron chi connectivity index (χ0n) is 17.4. The number of hydrogen-bond acceptors (Lipinski definition) is 4. The summed E-state index contributed by atoms with van der Waals surface area (Å²) in [6.07, 6.45) is -12.7. The van der Waals surface area contributed by atoms with Gasteiger partial charge in [0.05, 0.1) is 16.6 Å². The average Bonchev–Trinajstić information content (AvgIpc) is 2.70. The highest BCUT2D eigenvalue weighted by Crippen LogP contribution is 2.51. The van der Waals surface area contributed by atoms with Gasteiger partial charge in [-0.25, -0.2) is 12.8 Å². The van der Waals surface area contributed by atoms with Crippen molar-refractivity contribution in [1.82, 2.24) is 0 Å². The van der Waals surface area contributed by atoms with Gasteiger partial charge in [0.15, 0.2) is 0 Å². The molecule has 3 rings (SSSR count). The van der Waals surface area contributed by atoms with E-state index in [1.807, 2.05) is 0 Å². The fourth-order valence-electron chi connectivity index (χ4n) is 3.91. The number of Topliss-reactive ketones (excluding diaryl/α,β-unsaturated/α-hetero) is 1. The third-order valence-electron chi connectivity index (χ3n) is 5.53. The summed E-state index contributed by atoms with van der Waals surface area (Å²) in [5, 5.41) is 9.70. The maximum absolute atomic E-state index is 13.3. The predicted molar refractivity (Wildman–Crippen MR) is 106 cm³/mol. The Balaban J connectivity index is 2.20. The van der Waals surface area contributed by atoms with Gasteiger partial charge in [0.25, 0.3) is 15.6 Å². The van der Waals surface area contributed by atoms with Crippen molar-refractivity contribution in [2.24, 2.45) is 0 Å². The average molecular weight is 513 g/mol. The van der Waals surface area contributed by atoms with E-state index in [4.69, 9.17) is 0 Å². The molecule has 0 fully saturated rings. The van der Waals surface area contributed by atoms with E-state index in [0.29, 0.717) is 12.1 Å². The number of hydrogen-bond donors (Lipinski definition) is 1. The molecule has 2 aromatic carbocycles.